The Bertz CT molecular complexity index is 361. The van der Waals surface area contributed by atoms with Gasteiger partial charge < -0.3 is 16.0 Å². The first kappa shape index (κ1) is 18.0. The number of hydrogen-bond donors (Lipinski definition) is 3. The molecule has 0 aromatic heterocycles. The van der Waals surface area contributed by atoms with Crippen LogP contribution in [0, 0.1) is 17.3 Å². The predicted octanol–water partition coefficient (Wildman–Crippen LogP) is 1.29. The highest BCUT2D eigenvalue weighted by Crippen LogP contribution is 2.32. The SMILES string of the molecule is CNC(=O)C(CC(C)C)NC(=O)C(C)(C)C1CCCNC1. The zero-order valence-corrected chi connectivity index (χ0v) is 14.1. The summed E-state index contributed by atoms with van der Waals surface area (Å²) < 4.78 is 0. The monoisotopic (exact) mass is 297 g/mol. The summed E-state index contributed by atoms with van der Waals surface area (Å²) in [5.41, 5.74) is -0.462. The quantitative estimate of drug-likeness (QED) is 0.692. The molecular weight excluding hydrogens is 266 g/mol. The molecule has 0 aliphatic carbocycles. The van der Waals surface area contributed by atoms with Gasteiger partial charge in [0, 0.05) is 12.5 Å². The molecule has 5 nitrogen and oxygen atoms in total. The van der Waals surface area contributed by atoms with Crippen LogP contribution in [0.4, 0.5) is 0 Å². The maximum atomic E-state index is 12.7. The summed E-state index contributed by atoms with van der Waals surface area (Å²) in [5.74, 6) is 0.530. The number of nitrogens with one attached hydrogen (secondary N) is 3. The lowest BCUT2D eigenvalue weighted by molar-refractivity contribution is -0.136. The lowest BCUT2D eigenvalue weighted by Crippen LogP contribution is -2.53. The molecule has 0 spiro atoms. The molecule has 2 unspecified atom stereocenters. The van der Waals surface area contributed by atoms with Gasteiger partial charge in [-0.05, 0) is 44.2 Å². The molecule has 0 radical (unpaired) electrons. The summed E-state index contributed by atoms with van der Waals surface area (Å²) in [6.07, 6.45) is 2.82. The number of amides is 2. The standard InChI is InChI=1S/C16H31N3O2/c1-11(2)9-13(14(20)17-5)19-15(21)16(3,4)12-7-6-8-18-10-12/h11-13,18H,6-10H2,1-5H3,(H,17,20)(H,19,21). The van der Waals surface area contributed by atoms with Gasteiger partial charge in [0.05, 0.1) is 0 Å². The summed E-state index contributed by atoms with van der Waals surface area (Å²) >= 11 is 0. The van der Waals surface area contributed by atoms with Crippen molar-refractivity contribution in [3.8, 4) is 0 Å². The van der Waals surface area contributed by atoms with Crippen molar-refractivity contribution in [2.45, 2.75) is 53.0 Å². The van der Waals surface area contributed by atoms with E-state index in [1.165, 1.54) is 0 Å². The fraction of sp³-hybridized carbons (Fsp3) is 0.875. The van der Waals surface area contributed by atoms with Gasteiger partial charge in [-0.1, -0.05) is 27.7 Å². The minimum Gasteiger partial charge on any atom is -0.357 e. The van der Waals surface area contributed by atoms with Crippen molar-refractivity contribution in [3.63, 3.8) is 0 Å². The Balaban J connectivity index is 2.72. The van der Waals surface area contributed by atoms with Gasteiger partial charge in [0.1, 0.15) is 6.04 Å². The Morgan fingerprint density at radius 1 is 1.33 bits per heavy atom. The van der Waals surface area contributed by atoms with Gasteiger partial charge in [-0.3, -0.25) is 9.59 Å². The zero-order valence-electron chi connectivity index (χ0n) is 14.1. The Morgan fingerprint density at radius 2 is 2.00 bits per heavy atom. The van der Waals surface area contributed by atoms with Crippen molar-refractivity contribution in [3.05, 3.63) is 0 Å². The second-order valence-corrected chi connectivity index (χ2v) is 7.03. The van der Waals surface area contributed by atoms with Gasteiger partial charge in [-0.15, -0.1) is 0 Å². The molecule has 1 saturated heterocycles. The van der Waals surface area contributed by atoms with Gasteiger partial charge >= 0.3 is 0 Å². The van der Waals surface area contributed by atoms with Crippen LogP contribution in [-0.2, 0) is 9.59 Å². The van der Waals surface area contributed by atoms with E-state index in [1.54, 1.807) is 7.05 Å². The Hall–Kier alpha value is -1.10. The van der Waals surface area contributed by atoms with Gasteiger partial charge in [0.15, 0.2) is 0 Å². The largest absolute Gasteiger partial charge is 0.357 e. The molecule has 5 heteroatoms. The highest BCUT2D eigenvalue weighted by Gasteiger charge is 2.38. The molecular formula is C16H31N3O2. The van der Waals surface area contributed by atoms with Crippen LogP contribution in [0.2, 0.25) is 0 Å². The number of carbonyl (C=O) groups excluding carboxylic acids is 2. The highest BCUT2D eigenvalue weighted by atomic mass is 16.2. The van der Waals surface area contributed by atoms with Crippen LogP contribution in [0.25, 0.3) is 0 Å². The van der Waals surface area contributed by atoms with E-state index in [0.717, 1.165) is 25.9 Å². The normalized spacial score (nSPS) is 21.0. The Kier molecular flexibility index (Phi) is 6.65. The van der Waals surface area contributed by atoms with Crippen LogP contribution in [0.5, 0.6) is 0 Å². The van der Waals surface area contributed by atoms with Gasteiger partial charge in [-0.2, -0.15) is 0 Å². The molecule has 1 heterocycles. The van der Waals surface area contributed by atoms with Gasteiger partial charge in [0.2, 0.25) is 11.8 Å². The molecule has 1 aliphatic heterocycles. The van der Waals surface area contributed by atoms with Crippen molar-refractivity contribution in [1.29, 1.82) is 0 Å². The maximum absolute atomic E-state index is 12.7. The molecule has 0 bridgehead atoms. The topological polar surface area (TPSA) is 70.2 Å². The first-order valence-corrected chi connectivity index (χ1v) is 8.02. The number of hydrogen-bond acceptors (Lipinski definition) is 3. The van der Waals surface area contributed by atoms with Crippen molar-refractivity contribution in [2.75, 3.05) is 20.1 Å². The summed E-state index contributed by atoms with van der Waals surface area (Å²) in [5, 5.41) is 8.95. The molecule has 3 N–H and O–H groups in total. The number of piperidine rings is 1. The number of likely N-dealkylation sites (N-methyl/N-ethyl adjacent to an activating group) is 1. The molecule has 0 saturated carbocycles. The minimum atomic E-state index is -0.462. The van der Waals surface area contributed by atoms with Crippen molar-refractivity contribution >= 4 is 11.8 Å². The summed E-state index contributed by atoms with van der Waals surface area (Å²) in [7, 11) is 1.61. The van der Waals surface area contributed by atoms with E-state index in [-0.39, 0.29) is 11.8 Å². The summed E-state index contributed by atoms with van der Waals surface area (Å²) in [4.78, 5) is 24.6. The van der Waals surface area contributed by atoms with E-state index < -0.39 is 11.5 Å². The molecule has 1 aliphatic rings. The summed E-state index contributed by atoms with van der Waals surface area (Å²) in [6.45, 7) is 9.97. The van der Waals surface area contributed by atoms with Crippen molar-refractivity contribution < 1.29 is 9.59 Å². The Morgan fingerprint density at radius 3 is 2.48 bits per heavy atom. The van der Waals surface area contributed by atoms with Crippen LogP contribution in [0.3, 0.4) is 0 Å². The predicted molar refractivity (Wildman–Crippen MR) is 84.8 cm³/mol. The van der Waals surface area contributed by atoms with Crippen LogP contribution in [0.15, 0.2) is 0 Å². The average molecular weight is 297 g/mol. The van der Waals surface area contributed by atoms with Crippen molar-refractivity contribution in [2.24, 2.45) is 17.3 Å². The third-order valence-electron chi connectivity index (χ3n) is 4.48. The van der Waals surface area contributed by atoms with Crippen LogP contribution in [-0.4, -0.2) is 38.0 Å². The summed E-state index contributed by atoms with van der Waals surface area (Å²) in [6, 6.07) is -0.446. The minimum absolute atomic E-state index is 0.0227. The molecule has 0 aromatic carbocycles. The van der Waals surface area contributed by atoms with Gasteiger partial charge in [0.25, 0.3) is 0 Å². The van der Waals surface area contributed by atoms with Crippen LogP contribution >= 0.6 is 0 Å². The first-order chi connectivity index (χ1) is 9.78. The van der Waals surface area contributed by atoms with E-state index in [4.69, 9.17) is 0 Å². The third-order valence-corrected chi connectivity index (χ3v) is 4.48. The third kappa shape index (κ3) is 4.99. The Labute approximate surface area is 128 Å². The van der Waals surface area contributed by atoms with E-state index in [9.17, 15) is 9.59 Å². The van der Waals surface area contributed by atoms with E-state index in [0.29, 0.717) is 18.3 Å². The molecule has 0 aromatic rings. The van der Waals surface area contributed by atoms with E-state index in [1.807, 2.05) is 13.8 Å². The highest BCUT2D eigenvalue weighted by molar-refractivity contribution is 5.89. The smallest absolute Gasteiger partial charge is 0.242 e. The van der Waals surface area contributed by atoms with Gasteiger partial charge in [-0.25, -0.2) is 0 Å². The van der Waals surface area contributed by atoms with E-state index in [2.05, 4.69) is 29.8 Å². The van der Waals surface area contributed by atoms with E-state index >= 15 is 0 Å². The average Bonchev–Trinajstić information content (AvgIpc) is 2.46. The maximum Gasteiger partial charge on any atom is 0.242 e. The molecule has 1 fully saturated rings. The molecule has 21 heavy (non-hydrogen) atoms. The lowest BCUT2D eigenvalue weighted by atomic mass is 9.74. The van der Waals surface area contributed by atoms with Crippen LogP contribution in [0.1, 0.15) is 47.0 Å². The number of carbonyl (C=O) groups is 2. The molecule has 122 valence electrons. The first-order valence-electron chi connectivity index (χ1n) is 8.02. The molecule has 2 amide bonds. The number of rotatable bonds is 6. The lowest BCUT2D eigenvalue weighted by Gasteiger charge is -2.37. The fourth-order valence-corrected chi connectivity index (χ4v) is 2.87. The second-order valence-electron chi connectivity index (χ2n) is 7.03. The fourth-order valence-electron chi connectivity index (χ4n) is 2.87. The van der Waals surface area contributed by atoms with Crippen LogP contribution < -0.4 is 16.0 Å². The molecule has 2 atom stereocenters. The zero-order chi connectivity index (χ0) is 16.0. The second kappa shape index (κ2) is 7.78. The van der Waals surface area contributed by atoms with Crippen molar-refractivity contribution in [1.82, 2.24) is 16.0 Å². The molecule has 1 rings (SSSR count).